The van der Waals surface area contributed by atoms with Crippen LogP contribution in [0.3, 0.4) is 0 Å². The molecule has 104 valence electrons. The molecule has 0 unspecified atom stereocenters. The summed E-state index contributed by atoms with van der Waals surface area (Å²) in [4.78, 5) is 12.2. The van der Waals surface area contributed by atoms with Gasteiger partial charge < -0.3 is 4.74 Å². The van der Waals surface area contributed by atoms with Crippen molar-refractivity contribution in [2.75, 3.05) is 6.61 Å². The molecular formula is C15H11BrClFO2. The van der Waals surface area contributed by atoms with E-state index in [0.717, 1.165) is 0 Å². The standard InChI is InChI=1S/C15H11BrClFO2/c1-2-20-10-5-3-9(4-6-10)15(19)11-7-13(17)12(16)8-14(11)18/h3-8H,2H2,1H3. The second-order valence-electron chi connectivity index (χ2n) is 4.03. The molecule has 5 heteroatoms. The number of hydrogen-bond donors (Lipinski definition) is 0. The maximum Gasteiger partial charge on any atom is 0.196 e. The van der Waals surface area contributed by atoms with Gasteiger partial charge in [0.2, 0.25) is 0 Å². The van der Waals surface area contributed by atoms with Crippen molar-refractivity contribution in [3.63, 3.8) is 0 Å². The van der Waals surface area contributed by atoms with Gasteiger partial charge in [0, 0.05) is 10.0 Å². The molecular weight excluding hydrogens is 347 g/mol. The predicted molar refractivity (Wildman–Crippen MR) is 80.2 cm³/mol. The lowest BCUT2D eigenvalue weighted by Gasteiger charge is -2.06. The summed E-state index contributed by atoms with van der Waals surface area (Å²) in [6.07, 6.45) is 0. The molecule has 20 heavy (non-hydrogen) atoms. The van der Waals surface area contributed by atoms with Gasteiger partial charge in [-0.1, -0.05) is 11.6 Å². The molecule has 0 aliphatic rings. The van der Waals surface area contributed by atoms with Crippen molar-refractivity contribution in [2.24, 2.45) is 0 Å². The summed E-state index contributed by atoms with van der Waals surface area (Å²) in [5.74, 6) is -0.363. The van der Waals surface area contributed by atoms with E-state index < -0.39 is 11.6 Å². The highest BCUT2D eigenvalue weighted by molar-refractivity contribution is 9.10. The third kappa shape index (κ3) is 3.19. The van der Waals surface area contributed by atoms with E-state index in [2.05, 4.69) is 15.9 Å². The fourth-order valence-electron chi connectivity index (χ4n) is 1.72. The van der Waals surface area contributed by atoms with Gasteiger partial charge in [0.25, 0.3) is 0 Å². The minimum atomic E-state index is -0.611. The van der Waals surface area contributed by atoms with Crippen LogP contribution in [0.5, 0.6) is 5.75 Å². The van der Waals surface area contributed by atoms with E-state index in [1.165, 1.54) is 12.1 Å². The van der Waals surface area contributed by atoms with Crippen LogP contribution in [0.15, 0.2) is 40.9 Å². The Morgan fingerprint density at radius 2 is 1.95 bits per heavy atom. The normalized spacial score (nSPS) is 10.4. The van der Waals surface area contributed by atoms with Crippen LogP contribution >= 0.6 is 27.5 Å². The largest absolute Gasteiger partial charge is 0.494 e. The Balaban J connectivity index is 2.33. The number of hydrogen-bond acceptors (Lipinski definition) is 2. The average Bonchev–Trinajstić information content (AvgIpc) is 2.43. The molecule has 2 aromatic carbocycles. The van der Waals surface area contributed by atoms with Crippen LogP contribution in [0.1, 0.15) is 22.8 Å². The van der Waals surface area contributed by atoms with Crippen LogP contribution in [0.2, 0.25) is 5.02 Å². The zero-order chi connectivity index (χ0) is 14.7. The lowest BCUT2D eigenvalue weighted by molar-refractivity contribution is 0.103. The van der Waals surface area contributed by atoms with Crippen LogP contribution in [-0.4, -0.2) is 12.4 Å². The molecule has 0 fully saturated rings. The van der Waals surface area contributed by atoms with E-state index in [1.807, 2.05) is 6.92 Å². The van der Waals surface area contributed by atoms with Crippen molar-refractivity contribution >= 4 is 33.3 Å². The number of ether oxygens (including phenoxy) is 1. The second kappa shape index (κ2) is 6.37. The summed E-state index contributed by atoms with van der Waals surface area (Å²) in [6.45, 7) is 2.42. The van der Waals surface area contributed by atoms with Crippen LogP contribution in [0.4, 0.5) is 4.39 Å². The monoisotopic (exact) mass is 356 g/mol. The third-order valence-electron chi connectivity index (χ3n) is 2.68. The summed E-state index contributed by atoms with van der Waals surface area (Å²) in [5, 5.41) is 0.292. The lowest BCUT2D eigenvalue weighted by Crippen LogP contribution is -2.04. The summed E-state index contributed by atoms with van der Waals surface area (Å²) >= 11 is 9.01. The molecule has 0 amide bonds. The topological polar surface area (TPSA) is 26.3 Å². The van der Waals surface area contributed by atoms with Gasteiger partial charge in [0.15, 0.2) is 5.78 Å². The first kappa shape index (κ1) is 15.0. The third-order valence-corrected chi connectivity index (χ3v) is 3.88. The molecule has 0 aliphatic heterocycles. The van der Waals surface area contributed by atoms with Crippen LogP contribution in [-0.2, 0) is 0 Å². The Morgan fingerprint density at radius 3 is 2.55 bits per heavy atom. The average molecular weight is 358 g/mol. The Morgan fingerprint density at radius 1 is 1.30 bits per heavy atom. The van der Waals surface area contributed by atoms with E-state index in [4.69, 9.17) is 16.3 Å². The van der Waals surface area contributed by atoms with E-state index in [1.54, 1.807) is 24.3 Å². The highest BCUT2D eigenvalue weighted by Crippen LogP contribution is 2.27. The number of carbonyl (C=O) groups excluding carboxylic acids is 1. The minimum Gasteiger partial charge on any atom is -0.494 e. The number of ketones is 1. The van der Waals surface area contributed by atoms with Crippen molar-refractivity contribution in [3.8, 4) is 5.75 Å². The molecule has 0 N–H and O–H groups in total. The fraction of sp³-hybridized carbons (Fsp3) is 0.133. The van der Waals surface area contributed by atoms with Crippen LogP contribution < -0.4 is 4.74 Å². The summed E-state index contributed by atoms with van der Waals surface area (Å²) < 4.78 is 19.5. The minimum absolute atomic E-state index is 0.0534. The molecule has 0 atom stereocenters. The lowest BCUT2D eigenvalue weighted by atomic mass is 10.0. The van der Waals surface area contributed by atoms with Gasteiger partial charge in [-0.3, -0.25) is 4.79 Å². The number of carbonyl (C=O) groups is 1. The van der Waals surface area contributed by atoms with Crippen molar-refractivity contribution in [1.82, 2.24) is 0 Å². The maximum absolute atomic E-state index is 13.8. The van der Waals surface area contributed by atoms with Crippen molar-refractivity contribution in [1.29, 1.82) is 0 Å². The molecule has 2 nitrogen and oxygen atoms in total. The first-order valence-electron chi connectivity index (χ1n) is 5.95. The van der Waals surface area contributed by atoms with E-state index in [0.29, 0.717) is 27.4 Å². The van der Waals surface area contributed by atoms with Gasteiger partial charge in [-0.05, 0) is 59.3 Å². The predicted octanol–water partition coefficient (Wildman–Crippen LogP) is 4.87. The highest BCUT2D eigenvalue weighted by atomic mass is 79.9. The Hall–Kier alpha value is -1.39. The SMILES string of the molecule is CCOc1ccc(C(=O)c2cc(Cl)c(Br)cc2F)cc1. The molecule has 0 heterocycles. The molecule has 0 bridgehead atoms. The molecule has 2 aromatic rings. The summed E-state index contributed by atoms with van der Waals surface area (Å²) in [5.41, 5.74) is 0.327. The zero-order valence-corrected chi connectivity index (χ0v) is 13.0. The molecule has 0 aliphatic carbocycles. The molecule has 0 spiro atoms. The van der Waals surface area contributed by atoms with Gasteiger partial charge in [0.05, 0.1) is 17.2 Å². The van der Waals surface area contributed by atoms with Crippen molar-refractivity contribution in [3.05, 3.63) is 62.8 Å². The van der Waals surface area contributed by atoms with Crippen LogP contribution in [0.25, 0.3) is 0 Å². The first-order valence-corrected chi connectivity index (χ1v) is 7.12. The quantitative estimate of drug-likeness (QED) is 0.576. The van der Waals surface area contributed by atoms with Gasteiger partial charge in [-0.2, -0.15) is 0 Å². The molecule has 0 saturated heterocycles. The van der Waals surface area contributed by atoms with Gasteiger partial charge in [-0.25, -0.2) is 4.39 Å². The molecule has 0 aromatic heterocycles. The Kier molecular flexibility index (Phi) is 4.78. The second-order valence-corrected chi connectivity index (χ2v) is 5.29. The number of benzene rings is 2. The zero-order valence-electron chi connectivity index (χ0n) is 10.6. The van der Waals surface area contributed by atoms with E-state index in [9.17, 15) is 9.18 Å². The number of rotatable bonds is 4. The molecule has 2 rings (SSSR count). The summed E-state index contributed by atoms with van der Waals surface area (Å²) in [7, 11) is 0. The Bertz CT molecular complexity index is 641. The van der Waals surface area contributed by atoms with E-state index in [-0.39, 0.29) is 5.56 Å². The van der Waals surface area contributed by atoms with Gasteiger partial charge in [0.1, 0.15) is 11.6 Å². The molecule has 0 radical (unpaired) electrons. The first-order chi connectivity index (χ1) is 9.52. The van der Waals surface area contributed by atoms with Crippen molar-refractivity contribution < 1.29 is 13.9 Å². The maximum atomic E-state index is 13.8. The Labute approximate surface area is 129 Å². The van der Waals surface area contributed by atoms with E-state index >= 15 is 0 Å². The van der Waals surface area contributed by atoms with Crippen molar-refractivity contribution in [2.45, 2.75) is 6.92 Å². The van der Waals surface area contributed by atoms with Crippen LogP contribution in [0, 0.1) is 5.82 Å². The highest BCUT2D eigenvalue weighted by Gasteiger charge is 2.16. The smallest absolute Gasteiger partial charge is 0.196 e. The number of halogens is 3. The summed E-state index contributed by atoms with van der Waals surface area (Å²) in [6, 6.07) is 9.06. The fourth-order valence-corrected chi connectivity index (χ4v) is 2.20. The molecule has 0 saturated carbocycles. The van der Waals surface area contributed by atoms with Gasteiger partial charge in [-0.15, -0.1) is 0 Å². The van der Waals surface area contributed by atoms with Gasteiger partial charge >= 0.3 is 0 Å².